The normalized spacial score (nSPS) is 10.4. The first-order chi connectivity index (χ1) is 10.0. The topological polar surface area (TPSA) is 85.1 Å². The number of carbonyl (C=O) groups is 1. The number of halogens is 1. The number of hydrogen-bond donors (Lipinski definition) is 1. The Bertz CT molecular complexity index is 687. The standard InChI is InChI=1S/C13H12BrN3O3S/c1-2-9-6-15-12(21-9)7-16-13(18)10-5-8(17(19)20)3-4-11(10)14/h3-6H,2,7H2,1H3,(H,16,18). The van der Waals surface area contributed by atoms with Crippen molar-refractivity contribution in [3.63, 3.8) is 0 Å². The van der Waals surface area contributed by atoms with Gasteiger partial charge in [0.05, 0.1) is 17.0 Å². The smallest absolute Gasteiger partial charge is 0.270 e. The average molecular weight is 370 g/mol. The average Bonchev–Trinajstić information content (AvgIpc) is 2.93. The monoisotopic (exact) mass is 369 g/mol. The number of benzene rings is 1. The second kappa shape index (κ2) is 6.77. The van der Waals surface area contributed by atoms with Gasteiger partial charge in [0.2, 0.25) is 0 Å². The molecule has 0 radical (unpaired) electrons. The zero-order valence-corrected chi connectivity index (χ0v) is 13.5. The van der Waals surface area contributed by atoms with E-state index < -0.39 is 4.92 Å². The number of nitrogens with one attached hydrogen (secondary N) is 1. The molecule has 1 N–H and O–H groups in total. The van der Waals surface area contributed by atoms with Crippen LogP contribution in [-0.2, 0) is 13.0 Å². The summed E-state index contributed by atoms with van der Waals surface area (Å²) in [6.45, 7) is 2.34. The Labute approximate surface area is 133 Å². The lowest BCUT2D eigenvalue weighted by molar-refractivity contribution is -0.384. The third kappa shape index (κ3) is 3.85. The van der Waals surface area contributed by atoms with Crippen molar-refractivity contribution in [2.45, 2.75) is 19.9 Å². The molecule has 0 fully saturated rings. The van der Waals surface area contributed by atoms with E-state index in [1.54, 1.807) is 6.20 Å². The molecule has 2 rings (SSSR count). The number of nitro groups is 1. The van der Waals surface area contributed by atoms with Crippen LogP contribution in [0.4, 0.5) is 5.69 Å². The van der Waals surface area contributed by atoms with Gasteiger partial charge in [-0.05, 0) is 28.4 Å². The number of non-ortho nitro benzene ring substituents is 1. The summed E-state index contributed by atoms with van der Waals surface area (Å²) in [6.07, 6.45) is 2.69. The molecule has 2 aromatic rings. The second-order valence-corrected chi connectivity index (χ2v) is 6.23. The van der Waals surface area contributed by atoms with Gasteiger partial charge in [-0.2, -0.15) is 0 Å². The minimum atomic E-state index is -0.530. The second-order valence-electron chi connectivity index (χ2n) is 4.18. The van der Waals surface area contributed by atoms with Crippen molar-refractivity contribution in [2.24, 2.45) is 0 Å². The molecule has 1 heterocycles. The molecule has 21 heavy (non-hydrogen) atoms. The summed E-state index contributed by atoms with van der Waals surface area (Å²) in [5.41, 5.74) is 0.113. The van der Waals surface area contributed by atoms with Crippen LogP contribution in [0.15, 0.2) is 28.9 Å². The Morgan fingerprint density at radius 2 is 2.29 bits per heavy atom. The van der Waals surface area contributed by atoms with Gasteiger partial charge in [-0.25, -0.2) is 4.98 Å². The molecular formula is C13H12BrN3O3S. The van der Waals surface area contributed by atoms with Crippen LogP contribution in [0.2, 0.25) is 0 Å². The third-order valence-corrected chi connectivity index (χ3v) is 4.59. The number of hydrogen-bond acceptors (Lipinski definition) is 5. The van der Waals surface area contributed by atoms with Crippen molar-refractivity contribution in [3.05, 3.63) is 54.4 Å². The molecule has 1 amide bonds. The maximum absolute atomic E-state index is 12.1. The lowest BCUT2D eigenvalue weighted by Gasteiger charge is -2.05. The van der Waals surface area contributed by atoms with Gasteiger partial charge in [-0.3, -0.25) is 14.9 Å². The summed E-state index contributed by atoms with van der Waals surface area (Å²) in [5, 5.41) is 14.3. The zero-order valence-electron chi connectivity index (χ0n) is 11.1. The third-order valence-electron chi connectivity index (χ3n) is 2.76. The minimum absolute atomic E-state index is 0.120. The van der Waals surface area contributed by atoms with Crippen molar-refractivity contribution in [1.82, 2.24) is 10.3 Å². The molecule has 0 saturated carbocycles. The summed E-state index contributed by atoms with van der Waals surface area (Å²) in [5.74, 6) is -0.376. The number of rotatable bonds is 5. The van der Waals surface area contributed by atoms with Crippen LogP contribution in [0.5, 0.6) is 0 Å². The molecule has 110 valence electrons. The molecule has 0 aliphatic carbocycles. The zero-order chi connectivity index (χ0) is 15.4. The van der Waals surface area contributed by atoms with Gasteiger partial charge in [-0.15, -0.1) is 11.3 Å². The van der Waals surface area contributed by atoms with Crippen molar-refractivity contribution >= 4 is 38.9 Å². The Morgan fingerprint density at radius 3 is 2.90 bits per heavy atom. The molecule has 0 atom stereocenters. The summed E-state index contributed by atoms with van der Waals surface area (Å²) in [4.78, 5) is 27.7. The van der Waals surface area contributed by atoms with Gasteiger partial charge < -0.3 is 5.32 Å². The van der Waals surface area contributed by atoms with E-state index in [1.807, 2.05) is 6.92 Å². The number of nitrogens with zero attached hydrogens (tertiary/aromatic N) is 2. The summed E-state index contributed by atoms with van der Waals surface area (Å²) < 4.78 is 0.513. The van der Waals surface area contributed by atoms with Gasteiger partial charge >= 0.3 is 0 Å². The molecular weight excluding hydrogens is 358 g/mol. The Balaban J connectivity index is 2.09. The highest BCUT2D eigenvalue weighted by Crippen LogP contribution is 2.22. The first-order valence-corrected chi connectivity index (χ1v) is 7.78. The fraction of sp³-hybridized carbons (Fsp3) is 0.231. The fourth-order valence-electron chi connectivity index (χ4n) is 1.65. The number of carbonyl (C=O) groups excluding carboxylic acids is 1. The lowest BCUT2D eigenvalue weighted by atomic mass is 10.2. The highest BCUT2D eigenvalue weighted by Gasteiger charge is 2.15. The summed E-state index contributed by atoms with van der Waals surface area (Å²) in [7, 11) is 0. The van der Waals surface area contributed by atoms with Crippen LogP contribution in [0.1, 0.15) is 27.2 Å². The van der Waals surface area contributed by atoms with Gasteiger partial charge in [0.1, 0.15) is 5.01 Å². The van der Waals surface area contributed by atoms with E-state index in [2.05, 4.69) is 26.2 Å². The number of aromatic nitrogens is 1. The summed E-state index contributed by atoms with van der Waals surface area (Å²) >= 11 is 4.76. The number of aryl methyl sites for hydroxylation is 1. The highest BCUT2D eigenvalue weighted by atomic mass is 79.9. The summed E-state index contributed by atoms with van der Waals surface area (Å²) in [6, 6.07) is 4.08. The van der Waals surface area contributed by atoms with Gasteiger partial charge in [0, 0.05) is 27.7 Å². The van der Waals surface area contributed by atoms with E-state index in [4.69, 9.17) is 0 Å². The van der Waals surface area contributed by atoms with Crippen LogP contribution in [0.3, 0.4) is 0 Å². The fourth-order valence-corrected chi connectivity index (χ4v) is 2.87. The molecule has 0 unspecified atom stereocenters. The Kier molecular flexibility index (Phi) is 5.03. The number of amides is 1. The molecule has 0 aliphatic heterocycles. The van der Waals surface area contributed by atoms with Crippen molar-refractivity contribution in [1.29, 1.82) is 0 Å². The SMILES string of the molecule is CCc1cnc(CNC(=O)c2cc([N+](=O)[O-])ccc2Br)s1. The molecule has 6 nitrogen and oxygen atoms in total. The molecule has 8 heteroatoms. The van der Waals surface area contributed by atoms with Crippen molar-refractivity contribution in [2.75, 3.05) is 0 Å². The maximum atomic E-state index is 12.1. The highest BCUT2D eigenvalue weighted by molar-refractivity contribution is 9.10. The minimum Gasteiger partial charge on any atom is -0.345 e. The van der Waals surface area contributed by atoms with Crippen molar-refractivity contribution in [3.8, 4) is 0 Å². The molecule has 0 saturated heterocycles. The predicted molar refractivity (Wildman–Crippen MR) is 83.5 cm³/mol. The molecule has 1 aromatic heterocycles. The predicted octanol–water partition coefficient (Wildman–Crippen LogP) is 3.31. The maximum Gasteiger partial charge on any atom is 0.270 e. The number of nitro benzene ring substituents is 1. The van der Waals surface area contributed by atoms with E-state index >= 15 is 0 Å². The van der Waals surface area contributed by atoms with E-state index in [-0.39, 0.29) is 17.2 Å². The van der Waals surface area contributed by atoms with Gasteiger partial charge in [0.15, 0.2) is 0 Å². The van der Waals surface area contributed by atoms with E-state index in [1.165, 1.54) is 29.5 Å². The lowest BCUT2D eigenvalue weighted by Crippen LogP contribution is -2.23. The molecule has 1 aromatic carbocycles. The number of thiazole rings is 1. The Hall–Kier alpha value is -1.80. The first-order valence-electron chi connectivity index (χ1n) is 6.17. The van der Waals surface area contributed by atoms with E-state index in [0.717, 1.165) is 16.3 Å². The Morgan fingerprint density at radius 1 is 1.52 bits per heavy atom. The van der Waals surface area contributed by atoms with Gasteiger partial charge in [-0.1, -0.05) is 6.92 Å². The van der Waals surface area contributed by atoms with Crippen LogP contribution in [0.25, 0.3) is 0 Å². The van der Waals surface area contributed by atoms with Crippen molar-refractivity contribution < 1.29 is 9.72 Å². The quantitative estimate of drug-likeness (QED) is 0.646. The van der Waals surface area contributed by atoms with Crippen LogP contribution in [0, 0.1) is 10.1 Å². The van der Waals surface area contributed by atoms with Crippen LogP contribution >= 0.6 is 27.3 Å². The van der Waals surface area contributed by atoms with Crippen LogP contribution in [-0.4, -0.2) is 15.8 Å². The largest absolute Gasteiger partial charge is 0.345 e. The van der Waals surface area contributed by atoms with Gasteiger partial charge in [0.25, 0.3) is 11.6 Å². The van der Waals surface area contributed by atoms with E-state index in [9.17, 15) is 14.9 Å². The molecule has 0 aliphatic rings. The van der Waals surface area contributed by atoms with Crippen LogP contribution < -0.4 is 5.32 Å². The van der Waals surface area contributed by atoms with E-state index in [0.29, 0.717) is 11.0 Å². The molecule has 0 spiro atoms. The molecule has 0 bridgehead atoms. The first kappa shape index (κ1) is 15.6.